The van der Waals surface area contributed by atoms with Crippen LogP contribution >= 0.6 is 24.0 Å². The fraction of sp³-hybridized carbons (Fsp3) is 0.533. The number of halogens is 2. The van der Waals surface area contributed by atoms with Crippen LogP contribution in [0.25, 0.3) is 0 Å². The summed E-state index contributed by atoms with van der Waals surface area (Å²) in [5, 5.41) is 13.5. The van der Waals surface area contributed by atoms with E-state index in [0.29, 0.717) is 5.02 Å². The largest absolute Gasteiger partial charge is 0.387 e. The molecule has 0 aromatic heterocycles. The number of aliphatic hydroxyl groups is 1. The average Bonchev–Trinajstić information content (AvgIpc) is 2.45. The van der Waals surface area contributed by atoms with E-state index >= 15 is 0 Å². The number of carbonyl (C=O) groups is 1. The Morgan fingerprint density at radius 2 is 2.05 bits per heavy atom. The molecule has 3 atom stereocenters. The van der Waals surface area contributed by atoms with Gasteiger partial charge >= 0.3 is 0 Å². The van der Waals surface area contributed by atoms with Gasteiger partial charge in [-0.1, -0.05) is 30.2 Å². The Kier molecular flexibility index (Phi) is 7.46. The molecule has 0 saturated heterocycles. The van der Waals surface area contributed by atoms with Gasteiger partial charge in [-0.05, 0) is 37.0 Å². The first-order valence-electron chi connectivity index (χ1n) is 7.03. The number of rotatable bonds is 4. The summed E-state index contributed by atoms with van der Waals surface area (Å²) in [7, 11) is 0. The molecule has 1 amide bonds. The molecule has 1 aromatic rings. The fourth-order valence-corrected chi connectivity index (χ4v) is 2.74. The van der Waals surface area contributed by atoms with Gasteiger partial charge in [0.15, 0.2) is 0 Å². The molecule has 21 heavy (non-hydrogen) atoms. The summed E-state index contributed by atoms with van der Waals surface area (Å²) in [6.07, 6.45) is 2.91. The van der Waals surface area contributed by atoms with Crippen LogP contribution in [-0.4, -0.2) is 23.6 Å². The van der Waals surface area contributed by atoms with E-state index in [2.05, 4.69) is 5.32 Å². The van der Waals surface area contributed by atoms with Gasteiger partial charge in [0.2, 0.25) is 5.91 Å². The standard InChI is InChI=1S/C15H21ClN2O2.ClH/c16-12-6-4-10(5-7-12)14(19)9-18-15(20)11-2-1-3-13(17)8-11;/h4-7,11,13-14,19H,1-3,8-9,17H2,(H,18,20);1H. The van der Waals surface area contributed by atoms with Crippen molar-refractivity contribution < 1.29 is 9.90 Å². The molecule has 0 bridgehead atoms. The molecule has 1 aliphatic carbocycles. The number of benzene rings is 1. The number of carbonyl (C=O) groups excluding carboxylic acids is 1. The number of nitrogens with two attached hydrogens (primary N) is 1. The van der Waals surface area contributed by atoms with E-state index in [0.717, 1.165) is 31.2 Å². The molecule has 0 aliphatic heterocycles. The number of nitrogens with one attached hydrogen (secondary N) is 1. The van der Waals surface area contributed by atoms with Crippen molar-refractivity contribution in [2.45, 2.75) is 37.8 Å². The molecule has 0 heterocycles. The smallest absolute Gasteiger partial charge is 0.223 e. The fourth-order valence-electron chi connectivity index (χ4n) is 2.61. The van der Waals surface area contributed by atoms with E-state index in [1.165, 1.54) is 0 Å². The summed E-state index contributed by atoms with van der Waals surface area (Å²) in [5.41, 5.74) is 6.63. The summed E-state index contributed by atoms with van der Waals surface area (Å²) < 4.78 is 0. The number of hydrogen-bond acceptors (Lipinski definition) is 3. The molecule has 1 aliphatic rings. The Hall–Kier alpha value is -0.810. The Morgan fingerprint density at radius 1 is 1.38 bits per heavy atom. The predicted molar refractivity (Wildman–Crippen MR) is 86.6 cm³/mol. The van der Waals surface area contributed by atoms with Crippen molar-refractivity contribution in [1.29, 1.82) is 0 Å². The topological polar surface area (TPSA) is 75.4 Å². The summed E-state index contributed by atoms with van der Waals surface area (Å²) >= 11 is 5.80. The van der Waals surface area contributed by atoms with Crippen molar-refractivity contribution in [3.63, 3.8) is 0 Å². The van der Waals surface area contributed by atoms with Gasteiger partial charge in [-0.25, -0.2) is 0 Å². The molecular weight excluding hydrogens is 311 g/mol. The van der Waals surface area contributed by atoms with Gasteiger partial charge < -0.3 is 16.2 Å². The second-order valence-electron chi connectivity index (χ2n) is 5.44. The van der Waals surface area contributed by atoms with Gasteiger partial charge in [0.1, 0.15) is 0 Å². The Labute approximate surface area is 136 Å². The van der Waals surface area contributed by atoms with Crippen molar-refractivity contribution in [2.24, 2.45) is 11.7 Å². The number of amides is 1. The minimum absolute atomic E-state index is 0. The summed E-state index contributed by atoms with van der Waals surface area (Å²) in [6.45, 7) is 0.214. The molecule has 6 heteroatoms. The van der Waals surface area contributed by atoms with Gasteiger partial charge in [-0.15, -0.1) is 12.4 Å². The molecule has 118 valence electrons. The molecule has 4 nitrogen and oxygen atoms in total. The third kappa shape index (κ3) is 5.47. The maximum atomic E-state index is 12.0. The van der Waals surface area contributed by atoms with Crippen molar-refractivity contribution in [1.82, 2.24) is 5.32 Å². The molecule has 4 N–H and O–H groups in total. The lowest BCUT2D eigenvalue weighted by molar-refractivity contribution is -0.126. The average molecular weight is 333 g/mol. The summed E-state index contributed by atoms with van der Waals surface area (Å²) in [4.78, 5) is 12.0. The molecule has 1 aromatic carbocycles. The quantitative estimate of drug-likeness (QED) is 0.792. The van der Waals surface area contributed by atoms with Crippen LogP contribution < -0.4 is 11.1 Å². The highest BCUT2D eigenvalue weighted by Gasteiger charge is 2.25. The molecule has 1 saturated carbocycles. The van der Waals surface area contributed by atoms with Crippen LogP contribution in [0.3, 0.4) is 0 Å². The molecule has 2 rings (SSSR count). The SMILES string of the molecule is Cl.NC1CCCC(C(=O)NCC(O)c2ccc(Cl)cc2)C1. The van der Waals surface area contributed by atoms with Gasteiger partial charge in [-0.2, -0.15) is 0 Å². The van der Waals surface area contributed by atoms with Gasteiger partial charge in [0.05, 0.1) is 6.10 Å². The third-order valence-electron chi connectivity index (χ3n) is 3.81. The van der Waals surface area contributed by atoms with Crippen molar-refractivity contribution in [3.8, 4) is 0 Å². The second-order valence-corrected chi connectivity index (χ2v) is 5.87. The first kappa shape index (κ1) is 18.2. The lowest BCUT2D eigenvalue weighted by atomic mass is 9.85. The van der Waals surface area contributed by atoms with Crippen LogP contribution in [0.15, 0.2) is 24.3 Å². The zero-order valence-electron chi connectivity index (χ0n) is 11.8. The summed E-state index contributed by atoms with van der Waals surface area (Å²) in [6, 6.07) is 7.09. The molecule has 0 radical (unpaired) electrons. The highest BCUT2D eigenvalue weighted by atomic mass is 35.5. The van der Waals surface area contributed by atoms with Gasteiger partial charge in [-0.3, -0.25) is 4.79 Å². The molecular formula is C15H22Cl2N2O2. The van der Waals surface area contributed by atoms with Crippen LogP contribution in [-0.2, 0) is 4.79 Å². The lowest BCUT2D eigenvalue weighted by Crippen LogP contribution is -2.39. The second kappa shape index (κ2) is 8.59. The minimum Gasteiger partial charge on any atom is -0.387 e. The molecule has 3 unspecified atom stereocenters. The monoisotopic (exact) mass is 332 g/mol. The van der Waals surface area contributed by atoms with Crippen LogP contribution in [0, 0.1) is 5.92 Å². The van der Waals surface area contributed by atoms with E-state index in [1.807, 2.05) is 0 Å². The van der Waals surface area contributed by atoms with Crippen LogP contribution in [0.2, 0.25) is 5.02 Å². The first-order chi connectivity index (χ1) is 9.56. The van der Waals surface area contributed by atoms with Crippen LogP contribution in [0.4, 0.5) is 0 Å². The molecule has 1 fully saturated rings. The highest BCUT2D eigenvalue weighted by Crippen LogP contribution is 2.23. The molecule has 0 spiro atoms. The maximum absolute atomic E-state index is 12.0. The first-order valence-corrected chi connectivity index (χ1v) is 7.41. The Balaban J connectivity index is 0.00000220. The predicted octanol–water partition coefficient (Wildman–Crippen LogP) is 2.43. The van der Waals surface area contributed by atoms with Crippen LogP contribution in [0.1, 0.15) is 37.4 Å². The minimum atomic E-state index is -0.714. The maximum Gasteiger partial charge on any atom is 0.223 e. The number of hydrogen-bond donors (Lipinski definition) is 3. The van der Waals surface area contributed by atoms with E-state index in [1.54, 1.807) is 24.3 Å². The van der Waals surface area contributed by atoms with Gasteiger partial charge in [0, 0.05) is 23.5 Å². The van der Waals surface area contributed by atoms with Crippen LogP contribution in [0.5, 0.6) is 0 Å². The van der Waals surface area contributed by atoms with Gasteiger partial charge in [0.25, 0.3) is 0 Å². The Bertz CT molecular complexity index is 453. The van der Waals surface area contributed by atoms with E-state index < -0.39 is 6.10 Å². The summed E-state index contributed by atoms with van der Waals surface area (Å²) in [5.74, 6) is -0.0238. The lowest BCUT2D eigenvalue weighted by Gasteiger charge is -2.26. The van der Waals surface area contributed by atoms with E-state index in [4.69, 9.17) is 17.3 Å². The zero-order valence-corrected chi connectivity index (χ0v) is 13.4. The van der Waals surface area contributed by atoms with Crippen molar-refractivity contribution >= 4 is 29.9 Å². The van der Waals surface area contributed by atoms with Crippen molar-refractivity contribution in [2.75, 3.05) is 6.54 Å². The third-order valence-corrected chi connectivity index (χ3v) is 4.06. The number of aliphatic hydroxyl groups excluding tert-OH is 1. The zero-order chi connectivity index (χ0) is 14.5. The Morgan fingerprint density at radius 3 is 2.67 bits per heavy atom. The van der Waals surface area contributed by atoms with E-state index in [9.17, 15) is 9.90 Å². The normalized spacial score (nSPS) is 23.0. The highest BCUT2D eigenvalue weighted by molar-refractivity contribution is 6.30. The van der Waals surface area contributed by atoms with E-state index in [-0.39, 0.29) is 36.8 Å². The van der Waals surface area contributed by atoms with Crippen molar-refractivity contribution in [3.05, 3.63) is 34.9 Å².